The van der Waals surface area contributed by atoms with Crippen LogP contribution in [-0.4, -0.2) is 10.7 Å². The number of benzene rings is 1. The predicted octanol–water partition coefficient (Wildman–Crippen LogP) is 2.40. The Morgan fingerprint density at radius 3 is 2.87 bits per heavy atom. The largest absolute Gasteiger partial charge is 0.402 e. The van der Waals surface area contributed by atoms with Crippen molar-refractivity contribution in [1.82, 2.24) is 4.98 Å². The highest BCUT2D eigenvalue weighted by atomic mass is 14.7. The van der Waals surface area contributed by atoms with Crippen LogP contribution in [0.2, 0.25) is 0 Å². The summed E-state index contributed by atoms with van der Waals surface area (Å²) in [6, 6.07) is 7.92. The molecule has 0 fully saturated rings. The molecule has 0 saturated heterocycles. The maximum atomic E-state index is 7.88. The maximum absolute atomic E-state index is 7.88. The van der Waals surface area contributed by atoms with Crippen LogP contribution in [0, 0.1) is 5.41 Å². The summed E-state index contributed by atoms with van der Waals surface area (Å²) in [5.41, 5.74) is 8.56. The van der Waals surface area contributed by atoms with Crippen LogP contribution in [0.1, 0.15) is 12.5 Å². The average molecular weight is 199 g/mol. The molecule has 0 atom stereocenters. The van der Waals surface area contributed by atoms with Crippen LogP contribution in [0.15, 0.2) is 42.2 Å². The van der Waals surface area contributed by atoms with Gasteiger partial charge in [-0.2, -0.15) is 0 Å². The zero-order chi connectivity index (χ0) is 10.8. The van der Waals surface area contributed by atoms with Crippen molar-refractivity contribution in [1.29, 1.82) is 5.41 Å². The minimum Gasteiger partial charge on any atom is -0.402 e. The molecule has 15 heavy (non-hydrogen) atoms. The van der Waals surface area contributed by atoms with Gasteiger partial charge in [-0.15, -0.1) is 0 Å². The molecule has 0 saturated carbocycles. The third kappa shape index (κ3) is 1.76. The number of hydrogen-bond acceptors (Lipinski definition) is 2. The number of para-hydroxylation sites is 1. The van der Waals surface area contributed by atoms with E-state index < -0.39 is 0 Å². The highest BCUT2D eigenvalue weighted by molar-refractivity contribution is 6.14. The Balaban J connectivity index is 2.53. The SMILES string of the molecule is C/C(N)=C/C(=N)c1c[nH]c2ccccc12. The summed E-state index contributed by atoms with van der Waals surface area (Å²) in [5, 5.41) is 8.94. The second kappa shape index (κ2) is 3.61. The van der Waals surface area contributed by atoms with Crippen LogP contribution in [0.25, 0.3) is 10.9 Å². The summed E-state index contributed by atoms with van der Waals surface area (Å²) >= 11 is 0. The van der Waals surface area contributed by atoms with Crippen molar-refractivity contribution in [2.45, 2.75) is 6.92 Å². The molecule has 0 amide bonds. The zero-order valence-electron chi connectivity index (χ0n) is 8.54. The summed E-state index contributed by atoms with van der Waals surface area (Å²) in [6.45, 7) is 1.78. The summed E-state index contributed by atoms with van der Waals surface area (Å²) < 4.78 is 0. The number of nitrogens with one attached hydrogen (secondary N) is 2. The van der Waals surface area contributed by atoms with Crippen molar-refractivity contribution in [3.05, 3.63) is 47.8 Å². The van der Waals surface area contributed by atoms with Crippen molar-refractivity contribution >= 4 is 16.6 Å². The van der Waals surface area contributed by atoms with E-state index in [2.05, 4.69) is 4.98 Å². The second-order valence-electron chi connectivity index (χ2n) is 3.55. The Labute approximate surface area is 88.1 Å². The molecule has 0 aliphatic heterocycles. The fourth-order valence-electron chi connectivity index (χ4n) is 1.60. The van der Waals surface area contributed by atoms with E-state index in [1.165, 1.54) is 0 Å². The number of H-pyrrole nitrogens is 1. The number of fused-ring (bicyclic) bond motifs is 1. The van der Waals surface area contributed by atoms with E-state index in [0.717, 1.165) is 16.5 Å². The molecule has 4 N–H and O–H groups in total. The highest BCUT2D eigenvalue weighted by Crippen LogP contribution is 2.18. The molecule has 1 aromatic carbocycles. The Bertz CT molecular complexity index is 531. The molecule has 0 bridgehead atoms. The van der Waals surface area contributed by atoms with Gasteiger partial charge in [0.25, 0.3) is 0 Å². The highest BCUT2D eigenvalue weighted by Gasteiger charge is 2.05. The normalized spacial score (nSPS) is 11.9. The van der Waals surface area contributed by atoms with Crippen LogP contribution in [0.4, 0.5) is 0 Å². The number of allylic oxidation sites excluding steroid dienone is 2. The number of hydrogen-bond donors (Lipinski definition) is 3. The molecule has 0 radical (unpaired) electrons. The van der Waals surface area contributed by atoms with Gasteiger partial charge < -0.3 is 16.1 Å². The van der Waals surface area contributed by atoms with Gasteiger partial charge in [0, 0.05) is 28.4 Å². The van der Waals surface area contributed by atoms with Gasteiger partial charge in [0.15, 0.2) is 0 Å². The van der Waals surface area contributed by atoms with Gasteiger partial charge in [-0.1, -0.05) is 18.2 Å². The molecule has 3 heteroatoms. The van der Waals surface area contributed by atoms with Gasteiger partial charge in [-0.05, 0) is 19.1 Å². The molecule has 0 aliphatic rings. The van der Waals surface area contributed by atoms with E-state index >= 15 is 0 Å². The van der Waals surface area contributed by atoms with Gasteiger partial charge in [-0.25, -0.2) is 0 Å². The van der Waals surface area contributed by atoms with Gasteiger partial charge in [0.1, 0.15) is 0 Å². The van der Waals surface area contributed by atoms with E-state index in [-0.39, 0.29) is 0 Å². The first-order valence-electron chi connectivity index (χ1n) is 4.77. The Morgan fingerprint density at radius 1 is 1.40 bits per heavy atom. The topological polar surface area (TPSA) is 65.7 Å². The first-order valence-corrected chi connectivity index (χ1v) is 4.77. The van der Waals surface area contributed by atoms with Gasteiger partial charge in [0.2, 0.25) is 0 Å². The second-order valence-corrected chi connectivity index (χ2v) is 3.55. The summed E-state index contributed by atoms with van der Waals surface area (Å²) in [5.74, 6) is 0. The van der Waals surface area contributed by atoms with E-state index in [9.17, 15) is 0 Å². The van der Waals surface area contributed by atoms with E-state index in [4.69, 9.17) is 11.1 Å². The molecule has 1 aromatic heterocycles. The van der Waals surface area contributed by atoms with E-state index in [0.29, 0.717) is 11.4 Å². The third-order valence-electron chi connectivity index (χ3n) is 2.25. The number of aromatic nitrogens is 1. The Morgan fingerprint density at radius 2 is 2.13 bits per heavy atom. The van der Waals surface area contributed by atoms with Gasteiger partial charge in [0.05, 0.1) is 5.71 Å². The fraction of sp³-hybridized carbons (Fsp3) is 0.0833. The zero-order valence-corrected chi connectivity index (χ0v) is 8.54. The Hall–Kier alpha value is -2.03. The van der Waals surface area contributed by atoms with Crippen LogP contribution in [0.5, 0.6) is 0 Å². The van der Waals surface area contributed by atoms with Crippen LogP contribution in [-0.2, 0) is 0 Å². The molecule has 0 aliphatic carbocycles. The quantitative estimate of drug-likeness (QED) is 0.639. The Kier molecular flexibility index (Phi) is 2.29. The molecule has 1 heterocycles. The summed E-state index contributed by atoms with van der Waals surface area (Å²) in [6.07, 6.45) is 3.50. The molecule has 76 valence electrons. The van der Waals surface area contributed by atoms with Crippen molar-refractivity contribution < 1.29 is 0 Å². The monoisotopic (exact) mass is 199 g/mol. The maximum Gasteiger partial charge on any atom is 0.0650 e. The predicted molar refractivity (Wildman–Crippen MR) is 63.1 cm³/mol. The standard InChI is InChI=1S/C12H13N3/c1-8(13)6-11(14)10-7-15-12-5-3-2-4-9(10)12/h2-7,14-15H,13H2,1H3/b8-6-,14-11?. The first-order chi connectivity index (χ1) is 7.18. The van der Waals surface area contributed by atoms with Crippen molar-refractivity contribution in [3.63, 3.8) is 0 Å². The molecule has 2 rings (SSSR count). The lowest BCUT2D eigenvalue weighted by molar-refractivity contribution is 1.32. The van der Waals surface area contributed by atoms with Crippen molar-refractivity contribution in [2.24, 2.45) is 5.73 Å². The van der Waals surface area contributed by atoms with E-state index in [1.54, 1.807) is 13.0 Å². The molecule has 0 spiro atoms. The molecule has 2 aromatic rings. The van der Waals surface area contributed by atoms with Crippen LogP contribution < -0.4 is 5.73 Å². The van der Waals surface area contributed by atoms with Gasteiger partial charge >= 0.3 is 0 Å². The lowest BCUT2D eigenvalue weighted by Crippen LogP contribution is -1.99. The van der Waals surface area contributed by atoms with Crippen molar-refractivity contribution in [2.75, 3.05) is 0 Å². The van der Waals surface area contributed by atoms with E-state index in [1.807, 2.05) is 30.5 Å². The molecular formula is C12H13N3. The smallest absolute Gasteiger partial charge is 0.0650 e. The molecule has 3 nitrogen and oxygen atoms in total. The first kappa shape index (κ1) is 9.52. The summed E-state index contributed by atoms with van der Waals surface area (Å²) in [7, 11) is 0. The average Bonchev–Trinajstić information content (AvgIpc) is 2.59. The lowest BCUT2D eigenvalue weighted by atomic mass is 10.1. The number of aromatic amines is 1. The molecule has 0 unspecified atom stereocenters. The lowest BCUT2D eigenvalue weighted by Gasteiger charge is -1.97. The minimum absolute atomic E-state index is 0.437. The summed E-state index contributed by atoms with van der Waals surface area (Å²) in [4.78, 5) is 3.13. The van der Waals surface area contributed by atoms with Crippen LogP contribution >= 0.6 is 0 Å². The fourth-order valence-corrected chi connectivity index (χ4v) is 1.60. The molecular weight excluding hydrogens is 186 g/mol. The van der Waals surface area contributed by atoms with Crippen LogP contribution in [0.3, 0.4) is 0 Å². The van der Waals surface area contributed by atoms with Gasteiger partial charge in [-0.3, -0.25) is 0 Å². The minimum atomic E-state index is 0.437. The third-order valence-corrected chi connectivity index (χ3v) is 2.25. The number of rotatable bonds is 2. The van der Waals surface area contributed by atoms with Crippen molar-refractivity contribution in [3.8, 4) is 0 Å². The number of nitrogens with two attached hydrogens (primary N) is 1.